The van der Waals surface area contributed by atoms with E-state index in [1.54, 1.807) is 21.3 Å². The summed E-state index contributed by atoms with van der Waals surface area (Å²) in [6.07, 6.45) is 1.12. The number of rotatable bonds is 8. The van der Waals surface area contributed by atoms with E-state index >= 15 is 0 Å². The molecule has 0 bridgehead atoms. The van der Waals surface area contributed by atoms with E-state index in [2.05, 4.69) is 14.8 Å². The third kappa shape index (κ3) is 5.67. The fourth-order valence-corrected chi connectivity index (χ4v) is 3.21. The molecular weight excluding hydrogens is 334 g/mol. The van der Waals surface area contributed by atoms with E-state index in [0.717, 1.165) is 51.3 Å². The van der Waals surface area contributed by atoms with E-state index in [0.29, 0.717) is 23.8 Å². The molecule has 0 aromatic heterocycles. The molecule has 26 heavy (non-hydrogen) atoms. The number of hydrogen-bond acceptors (Lipinski definition) is 6. The van der Waals surface area contributed by atoms with Crippen LogP contribution in [0.4, 0.5) is 0 Å². The Morgan fingerprint density at radius 2 is 1.58 bits per heavy atom. The molecule has 0 atom stereocenters. The molecule has 0 saturated carbocycles. The van der Waals surface area contributed by atoms with Crippen LogP contribution in [0.2, 0.25) is 0 Å². The molecule has 8 nitrogen and oxygen atoms in total. The normalized spacial score (nSPS) is 16.0. The average Bonchev–Trinajstić information content (AvgIpc) is 2.85. The fraction of sp³-hybridized carbons (Fsp3) is 0.611. The van der Waals surface area contributed by atoms with Gasteiger partial charge in [-0.1, -0.05) is 0 Å². The summed E-state index contributed by atoms with van der Waals surface area (Å²) in [5, 5.41) is 0. The molecule has 0 unspecified atom stereocenters. The minimum absolute atomic E-state index is 0.156. The molecule has 4 N–H and O–H groups in total. The number of ether oxygens (including phenoxy) is 3. The van der Waals surface area contributed by atoms with Crippen molar-refractivity contribution in [2.24, 2.45) is 16.5 Å². The first-order valence-electron chi connectivity index (χ1n) is 8.86. The largest absolute Gasteiger partial charge is 0.493 e. The smallest absolute Gasteiger partial charge is 0.203 e. The Morgan fingerprint density at radius 1 is 0.962 bits per heavy atom. The van der Waals surface area contributed by atoms with Gasteiger partial charge in [0.1, 0.15) is 0 Å². The topological polar surface area (TPSA) is 98.6 Å². The number of aliphatic imine (C=N–C) groups is 1. The van der Waals surface area contributed by atoms with Crippen LogP contribution >= 0.6 is 0 Å². The summed E-state index contributed by atoms with van der Waals surface area (Å²) in [5.74, 6) is 2.16. The van der Waals surface area contributed by atoms with Crippen LogP contribution in [0.5, 0.6) is 17.2 Å². The van der Waals surface area contributed by atoms with E-state index in [9.17, 15) is 0 Å². The van der Waals surface area contributed by atoms with E-state index in [1.165, 1.54) is 0 Å². The minimum Gasteiger partial charge on any atom is -0.493 e. The Hall–Kier alpha value is -2.19. The van der Waals surface area contributed by atoms with Crippen LogP contribution in [-0.2, 0) is 6.54 Å². The second-order valence-corrected chi connectivity index (χ2v) is 6.31. The molecule has 0 radical (unpaired) electrons. The van der Waals surface area contributed by atoms with Gasteiger partial charge in [-0.3, -0.25) is 9.89 Å². The predicted octanol–water partition coefficient (Wildman–Crippen LogP) is 0.494. The molecule has 146 valence electrons. The Morgan fingerprint density at radius 3 is 2.15 bits per heavy atom. The summed E-state index contributed by atoms with van der Waals surface area (Å²) in [6.45, 7) is 6.49. The van der Waals surface area contributed by atoms with Crippen molar-refractivity contribution in [2.75, 3.05) is 60.6 Å². The number of nitrogens with zero attached hydrogens (tertiary/aromatic N) is 3. The Bertz CT molecular complexity index is 579. The summed E-state index contributed by atoms with van der Waals surface area (Å²) in [5.41, 5.74) is 11.9. The van der Waals surface area contributed by atoms with Gasteiger partial charge in [-0.15, -0.1) is 0 Å². The second-order valence-electron chi connectivity index (χ2n) is 6.31. The monoisotopic (exact) mass is 365 g/mol. The van der Waals surface area contributed by atoms with Crippen LogP contribution in [-0.4, -0.2) is 76.4 Å². The van der Waals surface area contributed by atoms with Gasteiger partial charge in [-0.25, -0.2) is 0 Å². The van der Waals surface area contributed by atoms with Crippen molar-refractivity contribution in [1.82, 2.24) is 9.80 Å². The van der Waals surface area contributed by atoms with Crippen molar-refractivity contribution < 1.29 is 14.2 Å². The van der Waals surface area contributed by atoms with Gasteiger partial charge in [0.25, 0.3) is 0 Å². The summed E-state index contributed by atoms with van der Waals surface area (Å²) < 4.78 is 16.3. The Balaban J connectivity index is 1.97. The molecule has 1 heterocycles. The predicted molar refractivity (Wildman–Crippen MR) is 103 cm³/mol. The Labute approximate surface area is 155 Å². The summed E-state index contributed by atoms with van der Waals surface area (Å²) in [6, 6.07) is 4.03. The molecule has 2 rings (SSSR count). The van der Waals surface area contributed by atoms with Gasteiger partial charge in [0.2, 0.25) is 5.75 Å². The maximum atomic E-state index is 5.45. The number of nitrogens with two attached hydrogens (primary N) is 2. The molecule has 0 aliphatic carbocycles. The van der Waals surface area contributed by atoms with Gasteiger partial charge in [0.15, 0.2) is 17.5 Å². The van der Waals surface area contributed by atoms with Crippen molar-refractivity contribution in [3.05, 3.63) is 17.7 Å². The Kier molecular flexibility index (Phi) is 7.80. The molecule has 0 spiro atoms. The third-order valence-corrected chi connectivity index (χ3v) is 4.52. The van der Waals surface area contributed by atoms with Crippen LogP contribution in [0.25, 0.3) is 0 Å². The number of benzene rings is 1. The standard InChI is InChI=1S/C18H31N5O3/c1-24-15-11-14(12-16(25-2)17(15)26-3)13-23-7-4-6-22(9-10-23)8-5-21-18(19)20/h11-12H,4-10,13H2,1-3H3,(H4,19,20,21). The lowest BCUT2D eigenvalue weighted by atomic mass is 10.1. The van der Waals surface area contributed by atoms with Gasteiger partial charge in [-0.05, 0) is 37.2 Å². The highest BCUT2D eigenvalue weighted by molar-refractivity contribution is 5.75. The van der Waals surface area contributed by atoms with Crippen LogP contribution in [0, 0.1) is 0 Å². The SMILES string of the molecule is COc1cc(CN2CCCN(CCN=C(N)N)CC2)cc(OC)c1OC. The van der Waals surface area contributed by atoms with Crippen molar-refractivity contribution in [3.8, 4) is 17.2 Å². The van der Waals surface area contributed by atoms with Crippen molar-refractivity contribution >= 4 is 5.96 Å². The molecule has 1 aliphatic rings. The van der Waals surface area contributed by atoms with E-state index < -0.39 is 0 Å². The van der Waals surface area contributed by atoms with Crippen molar-refractivity contribution in [3.63, 3.8) is 0 Å². The lowest BCUT2D eigenvalue weighted by Crippen LogP contribution is -2.33. The number of guanidine groups is 1. The van der Waals surface area contributed by atoms with Gasteiger partial charge in [0, 0.05) is 26.2 Å². The number of hydrogen-bond donors (Lipinski definition) is 2. The van der Waals surface area contributed by atoms with E-state index in [1.807, 2.05) is 12.1 Å². The maximum absolute atomic E-state index is 5.45. The zero-order valence-electron chi connectivity index (χ0n) is 16.0. The van der Waals surface area contributed by atoms with Gasteiger partial charge in [-0.2, -0.15) is 0 Å². The van der Waals surface area contributed by atoms with E-state index in [-0.39, 0.29) is 5.96 Å². The molecule has 1 aromatic carbocycles. The highest BCUT2D eigenvalue weighted by atomic mass is 16.5. The first-order valence-corrected chi connectivity index (χ1v) is 8.86. The van der Waals surface area contributed by atoms with E-state index in [4.69, 9.17) is 25.7 Å². The lowest BCUT2D eigenvalue weighted by molar-refractivity contribution is 0.254. The maximum Gasteiger partial charge on any atom is 0.203 e. The molecule has 1 saturated heterocycles. The lowest BCUT2D eigenvalue weighted by Gasteiger charge is -2.22. The molecule has 1 fully saturated rings. The average molecular weight is 365 g/mol. The number of methoxy groups -OCH3 is 3. The first kappa shape index (κ1) is 20.1. The molecular formula is C18H31N5O3. The van der Waals surface area contributed by atoms with Gasteiger partial charge in [0.05, 0.1) is 27.9 Å². The third-order valence-electron chi connectivity index (χ3n) is 4.52. The van der Waals surface area contributed by atoms with Gasteiger partial charge < -0.3 is 30.6 Å². The fourth-order valence-electron chi connectivity index (χ4n) is 3.21. The van der Waals surface area contributed by atoms with Crippen LogP contribution in [0.1, 0.15) is 12.0 Å². The summed E-state index contributed by atoms with van der Waals surface area (Å²) >= 11 is 0. The first-order chi connectivity index (χ1) is 12.6. The minimum atomic E-state index is 0.156. The summed E-state index contributed by atoms with van der Waals surface area (Å²) in [4.78, 5) is 8.92. The van der Waals surface area contributed by atoms with Crippen LogP contribution in [0.15, 0.2) is 17.1 Å². The van der Waals surface area contributed by atoms with Crippen LogP contribution < -0.4 is 25.7 Å². The molecule has 1 aromatic rings. The van der Waals surface area contributed by atoms with Crippen molar-refractivity contribution in [2.45, 2.75) is 13.0 Å². The van der Waals surface area contributed by atoms with Crippen LogP contribution in [0.3, 0.4) is 0 Å². The molecule has 8 heteroatoms. The summed E-state index contributed by atoms with van der Waals surface area (Å²) in [7, 11) is 4.90. The molecule has 1 aliphatic heterocycles. The zero-order valence-corrected chi connectivity index (χ0v) is 16.0. The van der Waals surface area contributed by atoms with Crippen molar-refractivity contribution in [1.29, 1.82) is 0 Å². The van der Waals surface area contributed by atoms with Gasteiger partial charge >= 0.3 is 0 Å². The highest BCUT2D eigenvalue weighted by Gasteiger charge is 2.18. The zero-order chi connectivity index (χ0) is 18.9. The molecule has 0 amide bonds. The highest BCUT2D eigenvalue weighted by Crippen LogP contribution is 2.38. The second kappa shape index (κ2) is 10.1. The quantitative estimate of drug-likeness (QED) is 0.511.